The van der Waals surface area contributed by atoms with Crippen molar-refractivity contribution in [2.75, 3.05) is 11.1 Å². The molecule has 7 nitrogen and oxygen atoms in total. The van der Waals surface area contributed by atoms with Crippen LogP contribution in [0.25, 0.3) is 10.9 Å². The molecule has 0 aliphatic rings. The van der Waals surface area contributed by atoms with Gasteiger partial charge in [-0.05, 0) is 35.9 Å². The fourth-order valence-electron chi connectivity index (χ4n) is 2.96. The van der Waals surface area contributed by atoms with Gasteiger partial charge >= 0.3 is 0 Å². The van der Waals surface area contributed by atoms with E-state index in [1.54, 1.807) is 36.5 Å². The molecule has 5 N–H and O–H groups in total. The maximum Gasteiger partial charge on any atom is 0.267 e. The molecule has 0 aliphatic carbocycles. The zero-order valence-electron chi connectivity index (χ0n) is 15.5. The Labute approximate surface area is 167 Å². The number of aromatic nitrogens is 2. The highest BCUT2D eigenvalue weighted by molar-refractivity contribution is 6.05. The summed E-state index contributed by atoms with van der Waals surface area (Å²) < 4.78 is 0. The lowest BCUT2D eigenvalue weighted by molar-refractivity contribution is 0.0945. The van der Waals surface area contributed by atoms with Gasteiger partial charge in [-0.1, -0.05) is 30.3 Å². The van der Waals surface area contributed by atoms with Gasteiger partial charge < -0.3 is 21.4 Å². The van der Waals surface area contributed by atoms with Crippen molar-refractivity contribution in [1.29, 1.82) is 0 Å². The average Bonchev–Trinajstić information content (AvgIpc) is 3.18. The van der Waals surface area contributed by atoms with Gasteiger partial charge in [0.25, 0.3) is 11.8 Å². The molecule has 2 heterocycles. The van der Waals surface area contributed by atoms with E-state index in [1.807, 2.05) is 30.3 Å². The average molecular weight is 385 g/mol. The number of pyridine rings is 1. The van der Waals surface area contributed by atoms with E-state index in [2.05, 4.69) is 20.6 Å². The Morgan fingerprint density at radius 2 is 1.79 bits per heavy atom. The number of nitrogens with two attached hydrogens (primary N) is 1. The molecule has 7 heteroatoms. The lowest BCUT2D eigenvalue weighted by Gasteiger charge is -2.08. The van der Waals surface area contributed by atoms with Crippen molar-refractivity contribution in [3.63, 3.8) is 0 Å². The number of hydrogen-bond donors (Lipinski definition) is 4. The van der Waals surface area contributed by atoms with Gasteiger partial charge in [0.15, 0.2) is 0 Å². The molecule has 4 rings (SSSR count). The molecule has 2 amide bonds. The van der Waals surface area contributed by atoms with Crippen LogP contribution >= 0.6 is 0 Å². The van der Waals surface area contributed by atoms with E-state index < -0.39 is 0 Å². The minimum atomic E-state index is -0.267. The van der Waals surface area contributed by atoms with Gasteiger partial charge in [-0.25, -0.2) is 0 Å². The molecule has 0 fully saturated rings. The summed E-state index contributed by atoms with van der Waals surface area (Å²) in [6.07, 6.45) is 3.04. The van der Waals surface area contributed by atoms with Crippen LogP contribution in [0, 0.1) is 0 Å². The van der Waals surface area contributed by atoms with Crippen LogP contribution in [0.1, 0.15) is 26.4 Å². The van der Waals surface area contributed by atoms with E-state index in [9.17, 15) is 9.59 Å². The molecule has 0 radical (unpaired) electrons. The molecular formula is C22H19N5O2. The van der Waals surface area contributed by atoms with E-state index >= 15 is 0 Å². The fraction of sp³-hybridized carbons (Fsp3) is 0.0455. The van der Waals surface area contributed by atoms with Gasteiger partial charge in [-0.3, -0.25) is 14.6 Å². The molecule has 29 heavy (non-hydrogen) atoms. The maximum atomic E-state index is 12.4. The summed E-state index contributed by atoms with van der Waals surface area (Å²) >= 11 is 0. The van der Waals surface area contributed by atoms with Crippen LogP contribution in [0.3, 0.4) is 0 Å². The van der Waals surface area contributed by atoms with Gasteiger partial charge in [0.2, 0.25) is 0 Å². The van der Waals surface area contributed by atoms with E-state index in [4.69, 9.17) is 5.73 Å². The second-order valence-electron chi connectivity index (χ2n) is 6.57. The number of rotatable bonds is 5. The van der Waals surface area contributed by atoms with Crippen molar-refractivity contribution in [3.05, 3.63) is 89.9 Å². The molecule has 0 bridgehead atoms. The van der Waals surface area contributed by atoms with Crippen molar-refractivity contribution < 1.29 is 9.59 Å². The summed E-state index contributed by atoms with van der Waals surface area (Å²) in [5, 5.41) is 6.62. The Morgan fingerprint density at radius 3 is 2.55 bits per heavy atom. The van der Waals surface area contributed by atoms with Crippen molar-refractivity contribution in [2.45, 2.75) is 6.54 Å². The first-order valence-electron chi connectivity index (χ1n) is 9.06. The first-order valence-corrected chi connectivity index (χ1v) is 9.06. The smallest absolute Gasteiger partial charge is 0.267 e. The molecule has 0 unspecified atom stereocenters. The van der Waals surface area contributed by atoms with E-state index in [0.29, 0.717) is 29.2 Å². The molecule has 2 aromatic carbocycles. The Hall–Kier alpha value is -4.13. The van der Waals surface area contributed by atoms with Crippen LogP contribution in [0.2, 0.25) is 0 Å². The number of nitrogens with zero attached hydrogens (tertiary/aromatic N) is 1. The summed E-state index contributed by atoms with van der Waals surface area (Å²) in [6.45, 7) is 0.355. The molecular weight excluding hydrogens is 366 g/mol. The summed E-state index contributed by atoms with van der Waals surface area (Å²) in [6, 6.07) is 18.2. The first kappa shape index (κ1) is 18.2. The molecule has 0 atom stereocenters. The van der Waals surface area contributed by atoms with Crippen LogP contribution in [0.4, 0.5) is 11.4 Å². The highest BCUT2D eigenvalue weighted by Gasteiger charge is 2.10. The quantitative estimate of drug-likeness (QED) is 0.422. The van der Waals surface area contributed by atoms with Gasteiger partial charge in [-0.2, -0.15) is 0 Å². The van der Waals surface area contributed by atoms with Crippen molar-refractivity contribution >= 4 is 34.1 Å². The van der Waals surface area contributed by atoms with Gasteiger partial charge in [0.05, 0.1) is 17.6 Å². The largest absolute Gasteiger partial charge is 0.396 e. The van der Waals surface area contributed by atoms with Gasteiger partial charge in [0.1, 0.15) is 5.69 Å². The zero-order chi connectivity index (χ0) is 20.2. The monoisotopic (exact) mass is 385 g/mol. The van der Waals surface area contributed by atoms with Crippen molar-refractivity contribution in [1.82, 2.24) is 15.3 Å². The second-order valence-corrected chi connectivity index (χ2v) is 6.57. The summed E-state index contributed by atoms with van der Waals surface area (Å²) in [7, 11) is 0. The maximum absolute atomic E-state index is 12.4. The highest BCUT2D eigenvalue weighted by Crippen LogP contribution is 2.17. The molecule has 0 saturated heterocycles. The van der Waals surface area contributed by atoms with Crippen LogP contribution in [-0.4, -0.2) is 21.8 Å². The topological polar surface area (TPSA) is 113 Å². The van der Waals surface area contributed by atoms with E-state index in [0.717, 1.165) is 16.5 Å². The minimum Gasteiger partial charge on any atom is -0.396 e. The predicted molar refractivity (Wildman–Crippen MR) is 113 cm³/mol. The van der Waals surface area contributed by atoms with Crippen molar-refractivity contribution in [2.24, 2.45) is 0 Å². The number of H-pyrrole nitrogens is 1. The third-order valence-electron chi connectivity index (χ3n) is 4.54. The molecule has 0 spiro atoms. The van der Waals surface area contributed by atoms with Crippen molar-refractivity contribution in [3.8, 4) is 0 Å². The third kappa shape index (κ3) is 4.08. The van der Waals surface area contributed by atoms with Crippen LogP contribution in [0.5, 0.6) is 0 Å². The van der Waals surface area contributed by atoms with Gasteiger partial charge in [0, 0.05) is 29.2 Å². The molecule has 2 aromatic heterocycles. The summed E-state index contributed by atoms with van der Waals surface area (Å²) in [5.41, 5.74) is 9.51. The SMILES string of the molecule is Nc1cnccc1NC(=O)c1ccc(CNC(=O)c2cc3ccccc3[nH]2)cc1. The third-order valence-corrected chi connectivity index (χ3v) is 4.54. The van der Waals surface area contributed by atoms with Crippen LogP contribution in [-0.2, 0) is 6.54 Å². The standard InChI is InChI=1S/C22H19N5O2/c23-17-13-24-10-9-19(17)27-21(28)15-7-5-14(6-8-15)12-25-22(29)20-11-16-3-1-2-4-18(16)26-20/h1-11,13,26H,12,23H2,(H,25,29)(H,24,27,28). The normalized spacial score (nSPS) is 10.6. The number of carbonyl (C=O) groups is 2. The van der Waals surface area contributed by atoms with Gasteiger partial charge in [-0.15, -0.1) is 0 Å². The Balaban J connectivity index is 1.37. The molecule has 0 aliphatic heterocycles. The molecule has 0 saturated carbocycles. The number of nitrogen functional groups attached to an aromatic ring is 1. The number of amides is 2. The number of nitrogens with one attached hydrogen (secondary N) is 3. The Morgan fingerprint density at radius 1 is 1.00 bits per heavy atom. The van der Waals surface area contributed by atoms with Crippen LogP contribution in [0.15, 0.2) is 73.1 Å². The lowest BCUT2D eigenvalue weighted by Crippen LogP contribution is -2.23. The minimum absolute atomic E-state index is 0.184. The predicted octanol–water partition coefficient (Wildman–Crippen LogP) is 3.33. The summed E-state index contributed by atoms with van der Waals surface area (Å²) in [5.74, 6) is -0.451. The molecule has 144 valence electrons. The Kier molecular flexibility index (Phi) is 4.94. The number of hydrogen-bond acceptors (Lipinski definition) is 4. The zero-order valence-corrected chi connectivity index (χ0v) is 15.5. The number of anilines is 2. The number of aromatic amines is 1. The number of para-hydroxylation sites is 1. The number of carbonyl (C=O) groups excluding carboxylic acids is 2. The number of fused-ring (bicyclic) bond motifs is 1. The Bertz CT molecular complexity index is 1150. The molecule has 4 aromatic rings. The first-order chi connectivity index (χ1) is 14.1. The van der Waals surface area contributed by atoms with E-state index in [-0.39, 0.29) is 11.8 Å². The van der Waals surface area contributed by atoms with Crippen LogP contribution < -0.4 is 16.4 Å². The lowest BCUT2D eigenvalue weighted by atomic mass is 10.1. The summed E-state index contributed by atoms with van der Waals surface area (Å²) in [4.78, 5) is 31.7. The second kappa shape index (κ2) is 7.85. The van der Waals surface area contributed by atoms with E-state index in [1.165, 1.54) is 6.20 Å². The highest BCUT2D eigenvalue weighted by atomic mass is 16.2. The number of benzene rings is 2. The fourth-order valence-corrected chi connectivity index (χ4v) is 2.96.